The number of nitrogens with one attached hydrogen (secondary N) is 1. The predicted molar refractivity (Wildman–Crippen MR) is 63.1 cm³/mol. The fourth-order valence-corrected chi connectivity index (χ4v) is 1.69. The van der Waals surface area contributed by atoms with Gasteiger partial charge >= 0.3 is 6.18 Å². The van der Waals surface area contributed by atoms with E-state index in [9.17, 15) is 17.6 Å². The number of alkyl halides is 3. The predicted octanol–water partition coefficient (Wildman–Crippen LogP) is 2.23. The van der Waals surface area contributed by atoms with Gasteiger partial charge in [0.25, 0.3) is 0 Å². The number of hydrogen-bond donors (Lipinski definition) is 1. The maximum absolute atomic E-state index is 13.1. The van der Waals surface area contributed by atoms with Gasteiger partial charge in [-0.25, -0.2) is 4.39 Å². The summed E-state index contributed by atoms with van der Waals surface area (Å²) in [6.07, 6.45) is -1.34. The number of nitrogens with zero attached hydrogens (tertiary/aromatic N) is 3. The molecule has 108 valence electrons. The number of hydrogen-bond acceptors (Lipinski definition) is 3. The second kappa shape index (κ2) is 6.00. The van der Waals surface area contributed by atoms with Gasteiger partial charge in [-0.3, -0.25) is 4.68 Å². The van der Waals surface area contributed by atoms with Gasteiger partial charge in [-0.05, 0) is 23.8 Å². The Morgan fingerprint density at radius 2 is 2.00 bits per heavy atom. The molecule has 0 aliphatic heterocycles. The SMILES string of the molecule is Fc1cc(CNCCn2ccnn2)cc(C(F)(F)F)c1. The van der Waals surface area contributed by atoms with Crippen LogP contribution in [0.3, 0.4) is 0 Å². The second-order valence-corrected chi connectivity index (χ2v) is 4.19. The van der Waals surface area contributed by atoms with Crippen molar-refractivity contribution < 1.29 is 17.6 Å². The van der Waals surface area contributed by atoms with E-state index in [1.165, 1.54) is 6.20 Å². The first-order valence-corrected chi connectivity index (χ1v) is 5.86. The molecule has 0 saturated heterocycles. The molecule has 0 bridgehead atoms. The summed E-state index contributed by atoms with van der Waals surface area (Å²) in [7, 11) is 0. The summed E-state index contributed by atoms with van der Waals surface area (Å²) in [6.45, 7) is 1.16. The van der Waals surface area contributed by atoms with E-state index in [0.717, 1.165) is 12.1 Å². The third-order valence-corrected chi connectivity index (χ3v) is 2.60. The molecule has 0 saturated carbocycles. The monoisotopic (exact) mass is 288 g/mol. The van der Waals surface area contributed by atoms with E-state index < -0.39 is 17.6 Å². The van der Waals surface area contributed by atoms with Gasteiger partial charge in [-0.2, -0.15) is 13.2 Å². The summed E-state index contributed by atoms with van der Waals surface area (Å²) in [5.41, 5.74) is -0.735. The summed E-state index contributed by atoms with van der Waals surface area (Å²) in [4.78, 5) is 0. The molecule has 4 nitrogen and oxygen atoms in total. The molecule has 0 aliphatic rings. The van der Waals surface area contributed by atoms with Crippen LogP contribution in [0.2, 0.25) is 0 Å². The van der Waals surface area contributed by atoms with Gasteiger partial charge in [0.2, 0.25) is 0 Å². The maximum Gasteiger partial charge on any atom is 0.416 e. The van der Waals surface area contributed by atoms with Crippen LogP contribution in [0.5, 0.6) is 0 Å². The molecule has 0 atom stereocenters. The van der Waals surface area contributed by atoms with Crippen LogP contribution in [-0.4, -0.2) is 21.5 Å². The first kappa shape index (κ1) is 14.4. The van der Waals surface area contributed by atoms with E-state index in [-0.39, 0.29) is 12.1 Å². The van der Waals surface area contributed by atoms with E-state index in [2.05, 4.69) is 15.6 Å². The topological polar surface area (TPSA) is 42.7 Å². The Morgan fingerprint density at radius 3 is 2.65 bits per heavy atom. The Morgan fingerprint density at radius 1 is 1.20 bits per heavy atom. The summed E-state index contributed by atoms with van der Waals surface area (Å²) in [5.74, 6) is -0.895. The summed E-state index contributed by atoms with van der Waals surface area (Å²) in [5, 5.41) is 10.3. The molecule has 20 heavy (non-hydrogen) atoms. The van der Waals surface area contributed by atoms with Crippen molar-refractivity contribution in [1.82, 2.24) is 20.3 Å². The highest BCUT2D eigenvalue weighted by Gasteiger charge is 2.31. The van der Waals surface area contributed by atoms with Gasteiger partial charge in [0.15, 0.2) is 0 Å². The van der Waals surface area contributed by atoms with Crippen molar-refractivity contribution in [2.75, 3.05) is 6.54 Å². The Bertz CT molecular complexity index is 551. The van der Waals surface area contributed by atoms with Crippen LogP contribution in [0.25, 0.3) is 0 Å². The van der Waals surface area contributed by atoms with Gasteiger partial charge in [-0.15, -0.1) is 5.10 Å². The van der Waals surface area contributed by atoms with E-state index in [1.807, 2.05) is 0 Å². The fraction of sp³-hybridized carbons (Fsp3) is 0.333. The van der Waals surface area contributed by atoms with E-state index in [1.54, 1.807) is 10.9 Å². The summed E-state index contributed by atoms with van der Waals surface area (Å²) >= 11 is 0. The second-order valence-electron chi connectivity index (χ2n) is 4.19. The minimum Gasteiger partial charge on any atom is -0.311 e. The lowest BCUT2D eigenvalue weighted by atomic mass is 10.1. The van der Waals surface area contributed by atoms with Gasteiger partial charge in [0.05, 0.1) is 18.3 Å². The zero-order chi connectivity index (χ0) is 14.6. The molecular weight excluding hydrogens is 276 g/mol. The number of aromatic nitrogens is 3. The molecule has 1 aromatic heterocycles. The van der Waals surface area contributed by atoms with Crippen LogP contribution in [-0.2, 0) is 19.3 Å². The Labute approximate surface area is 112 Å². The lowest BCUT2D eigenvalue weighted by Crippen LogP contribution is -2.20. The van der Waals surface area contributed by atoms with Gasteiger partial charge < -0.3 is 5.32 Å². The largest absolute Gasteiger partial charge is 0.416 e. The highest BCUT2D eigenvalue weighted by molar-refractivity contribution is 5.26. The van der Waals surface area contributed by atoms with Crippen molar-refractivity contribution in [3.8, 4) is 0 Å². The third-order valence-electron chi connectivity index (χ3n) is 2.60. The Balaban J connectivity index is 1.91. The standard InChI is InChI=1S/C12H12F4N4/c13-11-6-9(5-10(7-11)12(14,15)16)8-17-1-3-20-4-2-18-19-20/h2,4-7,17H,1,3,8H2. The lowest BCUT2D eigenvalue weighted by Gasteiger charge is -2.10. The average molecular weight is 288 g/mol. The van der Waals surface area contributed by atoms with Crippen molar-refractivity contribution >= 4 is 0 Å². The van der Waals surface area contributed by atoms with Gasteiger partial charge in [-0.1, -0.05) is 5.21 Å². The van der Waals surface area contributed by atoms with Crippen LogP contribution in [0.4, 0.5) is 17.6 Å². The molecule has 1 N–H and O–H groups in total. The van der Waals surface area contributed by atoms with Gasteiger partial charge in [0, 0.05) is 19.3 Å². The first-order valence-electron chi connectivity index (χ1n) is 5.86. The molecule has 2 aromatic rings. The minimum atomic E-state index is -4.54. The summed E-state index contributed by atoms with van der Waals surface area (Å²) in [6, 6.07) is 2.50. The van der Waals surface area contributed by atoms with Gasteiger partial charge in [0.1, 0.15) is 5.82 Å². The highest BCUT2D eigenvalue weighted by atomic mass is 19.4. The van der Waals surface area contributed by atoms with E-state index >= 15 is 0 Å². The van der Waals surface area contributed by atoms with Crippen molar-refractivity contribution in [3.05, 3.63) is 47.5 Å². The van der Waals surface area contributed by atoms with Crippen molar-refractivity contribution in [2.24, 2.45) is 0 Å². The van der Waals surface area contributed by atoms with Crippen molar-refractivity contribution in [3.63, 3.8) is 0 Å². The molecule has 0 spiro atoms. The molecule has 0 fully saturated rings. The third kappa shape index (κ3) is 4.02. The molecule has 0 unspecified atom stereocenters. The van der Waals surface area contributed by atoms with Crippen molar-refractivity contribution in [2.45, 2.75) is 19.3 Å². The first-order chi connectivity index (χ1) is 9.45. The zero-order valence-corrected chi connectivity index (χ0v) is 10.4. The number of rotatable bonds is 5. The molecule has 1 heterocycles. The van der Waals surface area contributed by atoms with Crippen LogP contribution >= 0.6 is 0 Å². The van der Waals surface area contributed by atoms with Crippen LogP contribution in [0.1, 0.15) is 11.1 Å². The van der Waals surface area contributed by atoms with Crippen LogP contribution in [0.15, 0.2) is 30.6 Å². The number of halogens is 4. The Hall–Kier alpha value is -1.96. The molecule has 1 aromatic carbocycles. The maximum atomic E-state index is 13.1. The molecule has 2 rings (SSSR count). The molecule has 0 amide bonds. The quantitative estimate of drug-likeness (QED) is 0.677. The lowest BCUT2D eigenvalue weighted by molar-refractivity contribution is -0.137. The highest BCUT2D eigenvalue weighted by Crippen LogP contribution is 2.30. The van der Waals surface area contributed by atoms with Crippen molar-refractivity contribution in [1.29, 1.82) is 0 Å². The van der Waals surface area contributed by atoms with Crippen LogP contribution in [0, 0.1) is 5.82 Å². The molecule has 0 aliphatic carbocycles. The molecule has 8 heteroatoms. The van der Waals surface area contributed by atoms with Crippen LogP contribution < -0.4 is 5.32 Å². The number of benzene rings is 1. The van der Waals surface area contributed by atoms with E-state index in [0.29, 0.717) is 19.2 Å². The normalized spacial score (nSPS) is 11.8. The zero-order valence-electron chi connectivity index (χ0n) is 10.4. The summed E-state index contributed by atoms with van der Waals surface area (Å²) < 4.78 is 52.3. The van der Waals surface area contributed by atoms with E-state index in [4.69, 9.17) is 0 Å². The Kier molecular flexibility index (Phi) is 4.33. The smallest absolute Gasteiger partial charge is 0.311 e. The minimum absolute atomic E-state index is 0.148. The molecular formula is C12H12F4N4. The fourth-order valence-electron chi connectivity index (χ4n) is 1.69. The molecule has 0 radical (unpaired) electrons. The average Bonchev–Trinajstić information content (AvgIpc) is 2.86.